The van der Waals surface area contributed by atoms with Gasteiger partial charge in [-0.3, -0.25) is 14.4 Å². The Balaban J connectivity index is 2.51. The van der Waals surface area contributed by atoms with Gasteiger partial charge in [-0.15, -0.1) is 0 Å². The number of alkyl carbamates (subject to hydrolysis) is 1. The van der Waals surface area contributed by atoms with Crippen LogP contribution in [0.2, 0.25) is 0 Å². The second-order valence-electron chi connectivity index (χ2n) is 12.4. The Morgan fingerprint density at radius 1 is 1.02 bits per heavy atom. The fourth-order valence-corrected chi connectivity index (χ4v) is 5.41. The van der Waals surface area contributed by atoms with E-state index < -0.39 is 42.0 Å². The van der Waals surface area contributed by atoms with E-state index in [0.717, 1.165) is 74.5 Å². The number of rotatable bonds is 14. The Hall–Kier alpha value is -3.10. The summed E-state index contributed by atoms with van der Waals surface area (Å²) in [4.78, 5) is 54.6. The summed E-state index contributed by atoms with van der Waals surface area (Å²) in [6.07, 6.45) is 8.59. The summed E-state index contributed by atoms with van der Waals surface area (Å²) in [6, 6.07) is 3.69. The molecule has 9 nitrogen and oxygen atoms in total. The van der Waals surface area contributed by atoms with Crippen molar-refractivity contribution in [2.24, 2.45) is 5.73 Å². The molecule has 0 saturated heterocycles. The van der Waals surface area contributed by atoms with E-state index >= 15 is 0 Å². The van der Waals surface area contributed by atoms with Crippen molar-refractivity contribution in [3.05, 3.63) is 34.9 Å². The molecule has 4 amide bonds. The van der Waals surface area contributed by atoms with Crippen LogP contribution in [-0.4, -0.2) is 52.9 Å². The smallest absolute Gasteiger partial charge is 0.408 e. The van der Waals surface area contributed by atoms with Gasteiger partial charge in [-0.2, -0.15) is 0 Å². The molecule has 1 aliphatic carbocycles. The lowest BCUT2D eigenvalue weighted by Crippen LogP contribution is -2.55. The van der Waals surface area contributed by atoms with Crippen molar-refractivity contribution in [2.75, 3.05) is 6.54 Å². The third kappa shape index (κ3) is 11.7. The lowest BCUT2D eigenvalue weighted by molar-refractivity contribution is -0.143. The summed E-state index contributed by atoms with van der Waals surface area (Å²) in [7, 11) is 0. The van der Waals surface area contributed by atoms with Gasteiger partial charge in [0.15, 0.2) is 0 Å². The van der Waals surface area contributed by atoms with Crippen LogP contribution in [0.5, 0.6) is 0 Å². The van der Waals surface area contributed by atoms with E-state index in [1.54, 1.807) is 20.8 Å². The van der Waals surface area contributed by atoms with Gasteiger partial charge in [0, 0.05) is 12.6 Å². The average Bonchev–Trinajstić information content (AvgIpc) is 2.87. The highest BCUT2D eigenvalue weighted by atomic mass is 16.6. The Morgan fingerprint density at radius 3 is 2.27 bits per heavy atom. The molecule has 0 radical (unpaired) electrons. The minimum atomic E-state index is -1.27. The maximum Gasteiger partial charge on any atom is 0.408 e. The van der Waals surface area contributed by atoms with E-state index in [1.807, 2.05) is 32.0 Å². The predicted octanol–water partition coefficient (Wildman–Crippen LogP) is 5.36. The van der Waals surface area contributed by atoms with Crippen LogP contribution in [0.25, 0.3) is 0 Å². The number of benzene rings is 1. The highest BCUT2D eigenvalue weighted by Crippen LogP contribution is 2.29. The van der Waals surface area contributed by atoms with Crippen LogP contribution in [0, 0.1) is 13.8 Å². The van der Waals surface area contributed by atoms with Crippen molar-refractivity contribution in [1.29, 1.82) is 0 Å². The lowest BCUT2D eigenvalue weighted by Gasteiger charge is -2.36. The molecule has 2 rings (SSSR count). The number of ether oxygens (including phenoxy) is 1. The SMILES string of the molecule is CCCCCCCN(C(=O)C(CC(N)=O)NC(=O)OC(C)(C)C)C(C(=O)NC1CCCCC1)c1ccc(C)cc1C. The van der Waals surface area contributed by atoms with Gasteiger partial charge in [-0.05, 0) is 65.0 Å². The molecular formula is C32H52N4O5. The maximum atomic E-state index is 14.3. The molecule has 0 spiro atoms. The third-order valence-corrected chi connectivity index (χ3v) is 7.41. The monoisotopic (exact) mass is 572 g/mol. The first kappa shape index (κ1) is 34.1. The molecule has 1 fully saturated rings. The quantitative estimate of drug-likeness (QED) is 0.258. The van der Waals surface area contributed by atoms with Crippen molar-refractivity contribution in [3.8, 4) is 0 Å². The van der Waals surface area contributed by atoms with Crippen LogP contribution in [0.1, 0.15) is 121 Å². The van der Waals surface area contributed by atoms with Crippen LogP contribution in [0.4, 0.5) is 4.79 Å². The molecular weight excluding hydrogens is 520 g/mol. The van der Waals surface area contributed by atoms with Crippen LogP contribution >= 0.6 is 0 Å². The number of nitrogens with zero attached hydrogens (tertiary/aromatic N) is 1. The molecule has 1 aromatic rings. The molecule has 2 atom stereocenters. The van der Waals surface area contributed by atoms with E-state index in [2.05, 4.69) is 17.6 Å². The van der Waals surface area contributed by atoms with Gasteiger partial charge in [0.1, 0.15) is 17.7 Å². The van der Waals surface area contributed by atoms with Crippen molar-refractivity contribution in [1.82, 2.24) is 15.5 Å². The van der Waals surface area contributed by atoms with Crippen molar-refractivity contribution in [3.63, 3.8) is 0 Å². The summed E-state index contributed by atoms with van der Waals surface area (Å²) in [5.41, 5.74) is 7.38. The Kier molecular flexibility index (Phi) is 13.6. The number of amides is 4. The Labute approximate surface area is 246 Å². The molecule has 0 bridgehead atoms. The standard InChI is InChI=1S/C32H52N4O5/c1-7-8-9-10-14-19-36(30(39)26(21-27(33)37)35-31(40)41-32(4,5)6)28(25-18-17-22(2)20-23(25)3)29(38)34-24-15-12-11-13-16-24/h17-18,20,24,26,28H,7-16,19,21H2,1-6H3,(H2,33,37)(H,34,38)(H,35,40). The molecule has 0 heterocycles. The van der Waals surface area contributed by atoms with Crippen LogP contribution in [0.15, 0.2) is 18.2 Å². The molecule has 1 aliphatic rings. The molecule has 9 heteroatoms. The first-order valence-electron chi connectivity index (χ1n) is 15.3. The number of aryl methyl sites for hydroxylation is 2. The zero-order valence-electron chi connectivity index (χ0n) is 26.0. The van der Waals surface area contributed by atoms with Gasteiger partial charge in [0.25, 0.3) is 0 Å². The van der Waals surface area contributed by atoms with Crippen molar-refractivity contribution in [2.45, 2.75) is 136 Å². The number of hydrogen-bond donors (Lipinski definition) is 3. The predicted molar refractivity (Wildman–Crippen MR) is 161 cm³/mol. The van der Waals surface area contributed by atoms with E-state index in [0.29, 0.717) is 13.0 Å². The highest BCUT2D eigenvalue weighted by Gasteiger charge is 2.38. The zero-order valence-corrected chi connectivity index (χ0v) is 26.0. The first-order chi connectivity index (χ1) is 19.3. The van der Waals surface area contributed by atoms with E-state index in [9.17, 15) is 19.2 Å². The molecule has 1 saturated carbocycles. The fraction of sp³-hybridized carbons (Fsp3) is 0.688. The number of hydrogen-bond acceptors (Lipinski definition) is 5. The van der Waals surface area contributed by atoms with Gasteiger partial charge in [0.2, 0.25) is 17.7 Å². The van der Waals surface area contributed by atoms with Crippen molar-refractivity contribution < 1.29 is 23.9 Å². The van der Waals surface area contributed by atoms with E-state index in [1.165, 1.54) is 4.90 Å². The summed E-state index contributed by atoms with van der Waals surface area (Å²) in [5, 5.41) is 5.78. The van der Waals surface area contributed by atoms with E-state index in [4.69, 9.17) is 10.5 Å². The average molecular weight is 573 g/mol. The number of nitrogens with two attached hydrogens (primary N) is 1. The second-order valence-corrected chi connectivity index (χ2v) is 12.4. The number of carbonyl (C=O) groups excluding carboxylic acids is 4. The fourth-order valence-electron chi connectivity index (χ4n) is 5.41. The van der Waals surface area contributed by atoms with Crippen LogP contribution < -0.4 is 16.4 Å². The van der Waals surface area contributed by atoms with Crippen LogP contribution in [-0.2, 0) is 19.1 Å². The lowest BCUT2D eigenvalue weighted by atomic mass is 9.93. The summed E-state index contributed by atoms with van der Waals surface area (Å²) in [6.45, 7) is 11.5. The molecule has 2 unspecified atom stereocenters. The van der Waals surface area contributed by atoms with Gasteiger partial charge >= 0.3 is 6.09 Å². The second kappa shape index (κ2) is 16.4. The number of carbonyl (C=O) groups is 4. The van der Waals surface area contributed by atoms with E-state index in [-0.39, 0.29) is 11.9 Å². The van der Waals surface area contributed by atoms with Gasteiger partial charge < -0.3 is 26.0 Å². The van der Waals surface area contributed by atoms with Crippen molar-refractivity contribution >= 4 is 23.8 Å². The van der Waals surface area contributed by atoms with Gasteiger partial charge in [-0.25, -0.2) is 4.79 Å². The van der Waals surface area contributed by atoms with Gasteiger partial charge in [-0.1, -0.05) is 75.6 Å². The number of unbranched alkanes of at least 4 members (excludes halogenated alkanes) is 4. The third-order valence-electron chi connectivity index (χ3n) is 7.41. The molecule has 230 valence electrons. The summed E-state index contributed by atoms with van der Waals surface area (Å²) >= 11 is 0. The molecule has 4 N–H and O–H groups in total. The minimum Gasteiger partial charge on any atom is -0.444 e. The van der Waals surface area contributed by atoms with Crippen LogP contribution in [0.3, 0.4) is 0 Å². The Morgan fingerprint density at radius 2 is 1.68 bits per heavy atom. The summed E-state index contributed by atoms with van der Waals surface area (Å²) < 4.78 is 5.38. The normalized spacial score (nSPS) is 15.5. The van der Waals surface area contributed by atoms with Gasteiger partial charge in [0.05, 0.1) is 6.42 Å². The first-order valence-corrected chi connectivity index (χ1v) is 15.3. The minimum absolute atomic E-state index is 0.0484. The largest absolute Gasteiger partial charge is 0.444 e. The Bertz CT molecular complexity index is 1030. The summed E-state index contributed by atoms with van der Waals surface area (Å²) in [5.74, 6) is -1.52. The molecule has 0 aromatic heterocycles. The topological polar surface area (TPSA) is 131 Å². The maximum absolute atomic E-state index is 14.3. The number of primary amides is 1. The zero-order chi connectivity index (χ0) is 30.6. The molecule has 41 heavy (non-hydrogen) atoms. The molecule has 1 aromatic carbocycles. The number of nitrogens with one attached hydrogen (secondary N) is 2. The highest BCUT2D eigenvalue weighted by molar-refractivity contribution is 5.94. The molecule has 0 aliphatic heterocycles.